The van der Waals surface area contributed by atoms with Crippen molar-refractivity contribution >= 4 is 5.82 Å². The number of unbranched alkanes of at least 4 members (excludes halogenated alkanes) is 1. The maximum absolute atomic E-state index is 5.41. The van der Waals surface area contributed by atoms with Crippen LogP contribution in [-0.2, 0) is 0 Å². The van der Waals surface area contributed by atoms with Crippen LogP contribution in [0.3, 0.4) is 0 Å². The summed E-state index contributed by atoms with van der Waals surface area (Å²) in [5.41, 5.74) is 5.41. The first-order valence-electron chi connectivity index (χ1n) is 4.39. The lowest BCUT2D eigenvalue weighted by molar-refractivity contribution is 0.724. The van der Waals surface area contributed by atoms with Crippen molar-refractivity contribution in [3.05, 3.63) is 18.3 Å². The van der Waals surface area contributed by atoms with E-state index in [1.54, 1.807) is 0 Å². The number of aromatic nitrogens is 1. The maximum Gasteiger partial charge on any atom is 0.105 e. The number of hydrogen-bond acceptors (Lipinski definition) is 2. The van der Waals surface area contributed by atoms with Crippen molar-refractivity contribution < 1.29 is 0 Å². The van der Waals surface area contributed by atoms with Crippen molar-refractivity contribution in [3.63, 3.8) is 0 Å². The van der Waals surface area contributed by atoms with Crippen LogP contribution in [0.15, 0.2) is 18.3 Å². The van der Waals surface area contributed by atoms with Crippen LogP contribution in [0, 0.1) is 0 Å². The van der Waals surface area contributed by atoms with Gasteiger partial charge in [0.1, 0.15) is 5.82 Å². The minimum atomic E-state index is 0.790. The second-order valence-corrected chi connectivity index (χ2v) is 2.97. The van der Waals surface area contributed by atoms with Gasteiger partial charge in [0.25, 0.3) is 0 Å². The van der Waals surface area contributed by atoms with Crippen molar-refractivity contribution in [3.8, 4) is 0 Å². The Balaban J connectivity index is 2.25. The van der Waals surface area contributed by atoms with E-state index in [1.165, 1.54) is 5.82 Å². The number of nitrogens with zero attached hydrogens (tertiary/aromatic N) is 1. The van der Waals surface area contributed by atoms with E-state index in [1.807, 2.05) is 12.3 Å². The summed E-state index contributed by atoms with van der Waals surface area (Å²) in [4.78, 5) is 5.36. The summed E-state index contributed by atoms with van der Waals surface area (Å²) in [7, 11) is 2.09. The number of H-pyrrole nitrogens is 1. The van der Waals surface area contributed by atoms with Crippen LogP contribution in [0.2, 0.25) is 0 Å². The fourth-order valence-electron chi connectivity index (χ4n) is 1.17. The molecule has 68 valence electrons. The predicted molar refractivity (Wildman–Crippen MR) is 52.4 cm³/mol. The van der Waals surface area contributed by atoms with Crippen LogP contribution < -0.4 is 10.6 Å². The van der Waals surface area contributed by atoms with Gasteiger partial charge in [-0.15, -0.1) is 0 Å². The van der Waals surface area contributed by atoms with Gasteiger partial charge >= 0.3 is 0 Å². The van der Waals surface area contributed by atoms with Crippen LogP contribution in [0.1, 0.15) is 12.8 Å². The first kappa shape index (κ1) is 9.13. The minimum Gasteiger partial charge on any atom is -0.361 e. The third kappa shape index (κ3) is 2.58. The Bertz CT molecular complexity index is 194. The van der Waals surface area contributed by atoms with E-state index in [0.29, 0.717) is 0 Å². The van der Waals surface area contributed by atoms with Crippen molar-refractivity contribution in [2.45, 2.75) is 12.8 Å². The highest BCUT2D eigenvalue weighted by atomic mass is 15.2. The van der Waals surface area contributed by atoms with E-state index in [4.69, 9.17) is 5.73 Å². The molecule has 0 spiro atoms. The van der Waals surface area contributed by atoms with Gasteiger partial charge < -0.3 is 15.6 Å². The fraction of sp³-hybridized carbons (Fsp3) is 0.556. The lowest BCUT2D eigenvalue weighted by atomic mass is 10.3. The molecular weight excluding hydrogens is 150 g/mol. The topological polar surface area (TPSA) is 45.0 Å². The molecule has 1 aromatic rings. The van der Waals surface area contributed by atoms with Crippen molar-refractivity contribution in [1.82, 2.24) is 4.98 Å². The zero-order valence-corrected chi connectivity index (χ0v) is 7.59. The van der Waals surface area contributed by atoms with Gasteiger partial charge in [-0.25, -0.2) is 0 Å². The van der Waals surface area contributed by atoms with Gasteiger partial charge in [0, 0.05) is 19.8 Å². The molecule has 0 amide bonds. The second-order valence-electron chi connectivity index (χ2n) is 2.97. The Morgan fingerprint density at radius 1 is 1.50 bits per heavy atom. The minimum absolute atomic E-state index is 0.790. The molecule has 0 saturated heterocycles. The van der Waals surface area contributed by atoms with E-state index >= 15 is 0 Å². The smallest absolute Gasteiger partial charge is 0.105 e. The summed E-state index contributed by atoms with van der Waals surface area (Å²) in [5, 5.41) is 0. The number of aromatic amines is 1. The lowest BCUT2D eigenvalue weighted by Gasteiger charge is -2.16. The van der Waals surface area contributed by atoms with E-state index in [-0.39, 0.29) is 0 Å². The predicted octanol–water partition coefficient (Wildman–Crippen LogP) is 1.19. The van der Waals surface area contributed by atoms with Crippen LogP contribution in [0.5, 0.6) is 0 Å². The standard InChI is InChI=1S/C9H17N3/c1-12(8-3-2-6-10)9-5-4-7-11-9/h4-5,7,11H,2-3,6,8,10H2,1H3. The molecule has 0 bridgehead atoms. The summed E-state index contributed by atoms with van der Waals surface area (Å²) in [6.45, 7) is 1.86. The second kappa shape index (κ2) is 4.83. The summed E-state index contributed by atoms with van der Waals surface area (Å²) in [5.74, 6) is 1.17. The molecule has 0 radical (unpaired) electrons. The molecule has 12 heavy (non-hydrogen) atoms. The number of rotatable bonds is 5. The molecular formula is C9H17N3. The van der Waals surface area contributed by atoms with Gasteiger partial charge in [-0.3, -0.25) is 0 Å². The molecule has 0 atom stereocenters. The SMILES string of the molecule is CN(CCCCN)c1ccc[nH]1. The van der Waals surface area contributed by atoms with Crippen LogP contribution in [0.25, 0.3) is 0 Å². The molecule has 0 aliphatic rings. The first-order valence-corrected chi connectivity index (χ1v) is 4.39. The van der Waals surface area contributed by atoms with Gasteiger partial charge in [-0.1, -0.05) is 0 Å². The third-order valence-electron chi connectivity index (χ3n) is 1.94. The van der Waals surface area contributed by atoms with Crippen LogP contribution in [0.4, 0.5) is 5.82 Å². The lowest BCUT2D eigenvalue weighted by Crippen LogP contribution is -2.19. The third-order valence-corrected chi connectivity index (χ3v) is 1.94. The molecule has 1 aromatic heterocycles. The molecule has 1 rings (SSSR count). The number of anilines is 1. The van der Waals surface area contributed by atoms with Gasteiger partial charge in [-0.05, 0) is 31.5 Å². The molecule has 0 unspecified atom stereocenters. The Morgan fingerprint density at radius 2 is 2.33 bits per heavy atom. The van der Waals surface area contributed by atoms with Gasteiger partial charge in [-0.2, -0.15) is 0 Å². The van der Waals surface area contributed by atoms with Crippen molar-refractivity contribution in [2.24, 2.45) is 5.73 Å². The summed E-state index contributed by atoms with van der Waals surface area (Å²) in [6, 6.07) is 4.08. The zero-order valence-electron chi connectivity index (χ0n) is 7.59. The number of nitrogens with two attached hydrogens (primary N) is 1. The van der Waals surface area contributed by atoms with E-state index in [0.717, 1.165) is 25.9 Å². The van der Waals surface area contributed by atoms with Gasteiger partial charge in [0.2, 0.25) is 0 Å². The summed E-state index contributed by atoms with van der Waals surface area (Å²) < 4.78 is 0. The fourth-order valence-corrected chi connectivity index (χ4v) is 1.17. The molecule has 0 aliphatic carbocycles. The number of nitrogens with one attached hydrogen (secondary N) is 1. The first-order chi connectivity index (χ1) is 5.84. The Labute approximate surface area is 73.6 Å². The molecule has 1 heterocycles. The average molecular weight is 167 g/mol. The highest BCUT2D eigenvalue weighted by Gasteiger charge is 1.98. The zero-order chi connectivity index (χ0) is 8.81. The number of hydrogen-bond donors (Lipinski definition) is 2. The summed E-state index contributed by atoms with van der Waals surface area (Å²) in [6.07, 6.45) is 4.20. The molecule has 0 aromatic carbocycles. The molecule has 0 saturated carbocycles. The highest BCUT2D eigenvalue weighted by Crippen LogP contribution is 2.07. The van der Waals surface area contributed by atoms with Gasteiger partial charge in [0.15, 0.2) is 0 Å². The van der Waals surface area contributed by atoms with Gasteiger partial charge in [0.05, 0.1) is 0 Å². The highest BCUT2D eigenvalue weighted by molar-refractivity contribution is 5.36. The molecule has 3 nitrogen and oxygen atoms in total. The van der Waals surface area contributed by atoms with Crippen LogP contribution in [-0.4, -0.2) is 25.1 Å². The van der Waals surface area contributed by atoms with E-state index in [2.05, 4.69) is 23.0 Å². The van der Waals surface area contributed by atoms with Crippen molar-refractivity contribution in [1.29, 1.82) is 0 Å². The maximum atomic E-state index is 5.41. The normalized spacial score (nSPS) is 10.2. The molecule has 0 aliphatic heterocycles. The van der Waals surface area contributed by atoms with E-state index < -0.39 is 0 Å². The van der Waals surface area contributed by atoms with Crippen LogP contribution >= 0.6 is 0 Å². The Kier molecular flexibility index (Phi) is 3.67. The molecule has 3 N–H and O–H groups in total. The quantitative estimate of drug-likeness (QED) is 0.647. The largest absolute Gasteiger partial charge is 0.361 e. The average Bonchev–Trinajstić information content (AvgIpc) is 2.56. The summed E-state index contributed by atoms with van der Waals surface area (Å²) >= 11 is 0. The van der Waals surface area contributed by atoms with Crippen molar-refractivity contribution in [2.75, 3.05) is 25.0 Å². The Morgan fingerprint density at radius 3 is 2.92 bits per heavy atom. The van der Waals surface area contributed by atoms with E-state index in [9.17, 15) is 0 Å². The molecule has 0 fully saturated rings. The Hall–Kier alpha value is -0.960. The monoisotopic (exact) mass is 167 g/mol. The molecule has 3 heteroatoms.